The maximum atomic E-state index is 12.6. The Balaban J connectivity index is 1.71. The highest BCUT2D eigenvalue weighted by atomic mass is 19.4. The van der Waals surface area contributed by atoms with E-state index < -0.39 is 12.8 Å². The summed E-state index contributed by atoms with van der Waals surface area (Å²) in [6.45, 7) is -1.43. The first-order valence-corrected chi connectivity index (χ1v) is 8.22. The Morgan fingerprint density at radius 2 is 2.00 bits per heavy atom. The van der Waals surface area contributed by atoms with Crippen LogP contribution in [-0.2, 0) is 4.79 Å². The van der Waals surface area contributed by atoms with Gasteiger partial charge in [-0.1, -0.05) is 0 Å². The number of carbonyl (C=O) groups excluding carboxylic acids is 1. The number of anilines is 1. The van der Waals surface area contributed by atoms with Crippen molar-refractivity contribution in [1.29, 1.82) is 0 Å². The van der Waals surface area contributed by atoms with Crippen molar-refractivity contribution in [3.8, 4) is 11.5 Å². The highest BCUT2D eigenvalue weighted by Gasteiger charge is 2.49. The lowest BCUT2D eigenvalue weighted by Crippen LogP contribution is -2.42. The van der Waals surface area contributed by atoms with E-state index in [0.29, 0.717) is 17.5 Å². The van der Waals surface area contributed by atoms with Crippen molar-refractivity contribution in [3.05, 3.63) is 18.2 Å². The molecule has 1 aromatic rings. The highest BCUT2D eigenvalue weighted by Crippen LogP contribution is 2.48. The fourth-order valence-electron chi connectivity index (χ4n) is 3.98. The van der Waals surface area contributed by atoms with E-state index in [-0.39, 0.29) is 29.4 Å². The largest absolute Gasteiger partial charge is 0.493 e. The molecule has 4 unspecified atom stereocenters. The standard InChI is InChI=1S/C17H21F3N2O3/c1-24-12-5-4-11(7-13(12)25-8-17(18,19)20)22-16(23)14-9-2-3-10(6-9)15(14)21/h4-5,7,9-10,14-15H,2-3,6,8,21H2,1H3,(H,22,23). The van der Waals surface area contributed by atoms with Gasteiger partial charge in [-0.05, 0) is 43.2 Å². The highest BCUT2D eigenvalue weighted by molar-refractivity contribution is 5.94. The van der Waals surface area contributed by atoms with Crippen LogP contribution in [0, 0.1) is 17.8 Å². The molecule has 2 aliphatic carbocycles. The van der Waals surface area contributed by atoms with Gasteiger partial charge in [0.25, 0.3) is 0 Å². The van der Waals surface area contributed by atoms with Crippen molar-refractivity contribution in [2.45, 2.75) is 31.5 Å². The van der Waals surface area contributed by atoms with Gasteiger partial charge in [-0.2, -0.15) is 13.2 Å². The molecule has 2 aliphatic rings. The lowest BCUT2D eigenvalue weighted by atomic mass is 9.84. The summed E-state index contributed by atoms with van der Waals surface area (Å²) in [6, 6.07) is 4.21. The van der Waals surface area contributed by atoms with Crippen molar-refractivity contribution in [3.63, 3.8) is 0 Å². The van der Waals surface area contributed by atoms with Gasteiger partial charge >= 0.3 is 6.18 Å². The smallest absolute Gasteiger partial charge is 0.422 e. The van der Waals surface area contributed by atoms with Gasteiger partial charge in [-0.15, -0.1) is 0 Å². The Morgan fingerprint density at radius 1 is 1.28 bits per heavy atom. The van der Waals surface area contributed by atoms with Gasteiger partial charge in [0.15, 0.2) is 18.1 Å². The number of benzene rings is 1. The SMILES string of the molecule is COc1ccc(NC(=O)C2C3CCC(C3)C2N)cc1OCC(F)(F)F. The molecule has 3 N–H and O–H groups in total. The number of carbonyl (C=O) groups is 1. The normalized spacial score (nSPS) is 28.0. The molecule has 2 saturated carbocycles. The molecule has 2 fully saturated rings. The number of halogens is 3. The molecule has 0 saturated heterocycles. The molecule has 138 valence electrons. The molecule has 2 bridgehead atoms. The third-order valence-corrected chi connectivity index (χ3v) is 5.11. The summed E-state index contributed by atoms with van der Waals surface area (Å²) in [4.78, 5) is 12.6. The van der Waals surface area contributed by atoms with E-state index in [1.807, 2.05) is 0 Å². The second-order valence-electron chi connectivity index (χ2n) is 6.70. The maximum Gasteiger partial charge on any atom is 0.422 e. The molecule has 0 radical (unpaired) electrons. The van der Waals surface area contributed by atoms with Crippen molar-refractivity contribution in [2.75, 3.05) is 19.0 Å². The number of hydrogen-bond donors (Lipinski definition) is 2. The number of alkyl halides is 3. The van der Waals surface area contributed by atoms with Gasteiger partial charge in [-0.25, -0.2) is 0 Å². The molecule has 0 spiro atoms. The molecule has 0 aliphatic heterocycles. The van der Waals surface area contributed by atoms with Crippen LogP contribution in [0.3, 0.4) is 0 Å². The summed E-state index contributed by atoms with van der Waals surface area (Å²) in [5.74, 6) is 0.335. The number of nitrogens with two attached hydrogens (primary N) is 1. The zero-order valence-corrected chi connectivity index (χ0v) is 13.8. The van der Waals surface area contributed by atoms with Gasteiger partial charge in [0.05, 0.1) is 13.0 Å². The van der Waals surface area contributed by atoms with Gasteiger partial charge in [0, 0.05) is 17.8 Å². The van der Waals surface area contributed by atoms with E-state index in [4.69, 9.17) is 15.2 Å². The van der Waals surface area contributed by atoms with Gasteiger partial charge < -0.3 is 20.5 Å². The third kappa shape index (κ3) is 3.84. The minimum atomic E-state index is -4.46. The van der Waals surface area contributed by atoms with E-state index in [9.17, 15) is 18.0 Å². The number of hydrogen-bond acceptors (Lipinski definition) is 4. The summed E-state index contributed by atoms with van der Waals surface area (Å²) in [6.07, 6.45) is -1.42. The first kappa shape index (κ1) is 17.8. The molecule has 4 atom stereocenters. The Hall–Kier alpha value is -1.96. The summed E-state index contributed by atoms with van der Waals surface area (Å²) in [5.41, 5.74) is 6.52. The molecular formula is C17H21F3N2O3. The van der Waals surface area contributed by atoms with E-state index >= 15 is 0 Å². The first-order valence-electron chi connectivity index (χ1n) is 8.22. The first-order chi connectivity index (χ1) is 11.8. The average molecular weight is 358 g/mol. The molecule has 8 heteroatoms. The Bertz CT molecular complexity index is 649. The molecule has 1 aromatic carbocycles. The monoisotopic (exact) mass is 358 g/mol. The number of amides is 1. The number of rotatable bonds is 5. The third-order valence-electron chi connectivity index (χ3n) is 5.11. The lowest BCUT2D eigenvalue weighted by molar-refractivity contribution is -0.153. The van der Waals surface area contributed by atoms with Crippen LogP contribution in [0.5, 0.6) is 11.5 Å². The van der Waals surface area contributed by atoms with E-state index in [1.54, 1.807) is 6.07 Å². The summed E-state index contributed by atoms with van der Waals surface area (Å²) in [7, 11) is 1.34. The Morgan fingerprint density at radius 3 is 2.60 bits per heavy atom. The van der Waals surface area contributed by atoms with Crippen molar-refractivity contribution < 1.29 is 27.4 Å². The van der Waals surface area contributed by atoms with Crippen LogP contribution < -0.4 is 20.5 Å². The van der Waals surface area contributed by atoms with E-state index in [1.165, 1.54) is 19.2 Å². The quantitative estimate of drug-likeness (QED) is 0.849. The van der Waals surface area contributed by atoms with Crippen molar-refractivity contribution in [1.82, 2.24) is 0 Å². The molecule has 5 nitrogen and oxygen atoms in total. The molecule has 25 heavy (non-hydrogen) atoms. The summed E-state index contributed by atoms with van der Waals surface area (Å²) >= 11 is 0. The second kappa shape index (κ2) is 6.74. The Kier molecular flexibility index (Phi) is 4.81. The van der Waals surface area contributed by atoms with Crippen LogP contribution in [0.15, 0.2) is 18.2 Å². The van der Waals surface area contributed by atoms with Crippen LogP contribution in [0.1, 0.15) is 19.3 Å². The fraction of sp³-hybridized carbons (Fsp3) is 0.588. The predicted molar refractivity (Wildman–Crippen MR) is 85.5 cm³/mol. The van der Waals surface area contributed by atoms with Crippen LogP contribution in [0.2, 0.25) is 0 Å². The summed E-state index contributed by atoms with van der Waals surface area (Å²) < 4.78 is 46.9. The van der Waals surface area contributed by atoms with Gasteiger partial charge in [0.2, 0.25) is 5.91 Å². The van der Waals surface area contributed by atoms with E-state index in [2.05, 4.69) is 5.32 Å². The van der Waals surface area contributed by atoms with Crippen molar-refractivity contribution >= 4 is 11.6 Å². The van der Waals surface area contributed by atoms with Gasteiger partial charge in [-0.3, -0.25) is 4.79 Å². The molecule has 3 rings (SSSR count). The predicted octanol–water partition coefficient (Wildman–Crippen LogP) is 2.95. The minimum absolute atomic E-state index is 0.0742. The lowest BCUT2D eigenvalue weighted by Gasteiger charge is -2.27. The van der Waals surface area contributed by atoms with E-state index in [0.717, 1.165) is 19.3 Å². The van der Waals surface area contributed by atoms with Crippen molar-refractivity contribution in [2.24, 2.45) is 23.5 Å². The Labute approximate surface area is 143 Å². The van der Waals surface area contributed by atoms with Crippen LogP contribution >= 0.6 is 0 Å². The van der Waals surface area contributed by atoms with Gasteiger partial charge in [0.1, 0.15) is 0 Å². The fourth-order valence-corrected chi connectivity index (χ4v) is 3.98. The molecule has 0 heterocycles. The molecular weight excluding hydrogens is 337 g/mol. The maximum absolute atomic E-state index is 12.6. The summed E-state index contributed by atoms with van der Waals surface area (Å²) in [5, 5.41) is 2.75. The number of ether oxygens (including phenoxy) is 2. The van der Waals surface area contributed by atoms with Crippen LogP contribution in [0.4, 0.5) is 18.9 Å². The number of fused-ring (bicyclic) bond motifs is 2. The minimum Gasteiger partial charge on any atom is -0.493 e. The molecule has 0 aromatic heterocycles. The zero-order chi connectivity index (χ0) is 18.2. The average Bonchev–Trinajstić information content (AvgIpc) is 3.13. The molecule has 1 amide bonds. The zero-order valence-electron chi connectivity index (χ0n) is 13.8. The van der Waals surface area contributed by atoms with Crippen LogP contribution in [0.25, 0.3) is 0 Å². The second-order valence-corrected chi connectivity index (χ2v) is 6.70. The van der Waals surface area contributed by atoms with Crippen LogP contribution in [-0.4, -0.2) is 31.8 Å². The topological polar surface area (TPSA) is 73.6 Å². The number of nitrogens with one attached hydrogen (secondary N) is 1. The number of methoxy groups -OCH3 is 1.